The minimum absolute atomic E-state index is 0.0967. The number of halogens is 1. The molecule has 0 heterocycles. The summed E-state index contributed by atoms with van der Waals surface area (Å²) in [6.07, 6.45) is 0.187. The molecule has 0 aliphatic rings. The summed E-state index contributed by atoms with van der Waals surface area (Å²) in [5, 5.41) is 21.5. The Balaban J connectivity index is 2.85. The summed E-state index contributed by atoms with van der Waals surface area (Å²) >= 11 is 5.69. The Labute approximate surface area is 108 Å². The highest BCUT2D eigenvalue weighted by Gasteiger charge is 2.16. The summed E-state index contributed by atoms with van der Waals surface area (Å²) in [6.45, 7) is 1.69. The van der Waals surface area contributed by atoms with Gasteiger partial charge >= 0.3 is 0 Å². The van der Waals surface area contributed by atoms with Crippen molar-refractivity contribution in [2.24, 2.45) is 0 Å². The molecule has 0 saturated carbocycles. The molecule has 0 aliphatic carbocycles. The average Bonchev–Trinajstić information content (AvgIpc) is 2.28. The Morgan fingerprint density at radius 2 is 2.33 bits per heavy atom. The third-order valence-electron chi connectivity index (χ3n) is 2.18. The second-order valence-electron chi connectivity index (χ2n) is 3.66. The van der Waals surface area contributed by atoms with Crippen molar-refractivity contribution in [1.82, 2.24) is 5.32 Å². The Morgan fingerprint density at radius 1 is 1.67 bits per heavy atom. The number of nitro benzene ring substituents is 1. The quantitative estimate of drug-likeness (QED) is 0.668. The summed E-state index contributed by atoms with van der Waals surface area (Å²) in [4.78, 5) is 21.6. The van der Waals surface area contributed by atoms with E-state index in [0.717, 1.165) is 0 Å². The summed E-state index contributed by atoms with van der Waals surface area (Å²) in [6, 6.07) is 5.36. The smallest absolute Gasteiger partial charge is 0.287 e. The molecule has 1 unspecified atom stereocenters. The van der Waals surface area contributed by atoms with Gasteiger partial charge in [0.05, 0.1) is 17.4 Å². The molecule has 1 aromatic rings. The van der Waals surface area contributed by atoms with E-state index in [9.17, 15) is 14.9 Å². The zero-order valence-corrected chi connectivity index (χ0v) is 10.3. The van der Waals surface area contributed by atoms with Crippen LogP contribution >= 0.6 is 11.6 Å². The summed E-state index contributed by atoms with van der Waals surface area (Å²) in [5.74, 6) is -0.422. The number of hydrogen-bond donors (Lipinski definition) is 1. The SMILES string of the molecule is CC(CC#N)NC(=O)c1ccc([N+](=O)[O-])c(Cl)c1. The number of rotatable bonds is 4. The lowest BCUT2D eigenvalue weighted by Gasteiger charge is -2.10. The van der Waals surface area contributed by atoms with Crippen molar-refractivity contribution in [3.8, 4) is 6.07 Å². The normalized spacial score (nSPS) is 11.4. The Hall–Kier alpha value is -2.13. The first-order valence-corrected chi connectivity index (χ1v) is 5.45. The fourth-order valence-electron chi connectivity index (χ4n) is 1.29. The summed E-state index contributed by atoms with van der Waals surface area (Å²) < 4.78 is 0. The number of amides is 1. The Kier molecular flexibility index (Phi) is 4.63. The van der Waals surface area contributed by atoms with E-state index >= 15 is 0 Å². The van der Waals surface area contributed by atoms with Crippen LogP contribution in [-0.4, -0.2) is 16.9 Å². The number of nitrogens with zero attached hydrogens (tertiary/aromatic N) is 2. The van der Waals surface area contributed by atoms with Crippen LogP contribution in [0.3, 0.4) is 0 Å². The molecule has 1 rings (SSSR count). The molecule has 18 heavy (non-hydrogen) atoms. The molecule has 7 heteroatoms. The fourth-order valence-corrected chi connectivity index (χ4v) is 1.54. The minimum Gasteiger partial charge on any atom is -0.349 e. The van der Waals surface area contributed by atoms with Crippen molar-refractivity contribution >= 4 is 23.2 Å². The van der Waals surface area contributed by atoms with Gasteiger partial charge in [0.15, 0.2) is 0 Å². The van der Waals surface area contributed by atoms with Gasteiger partial charge in [-0.1, -0.05) is 11.6 Å². The summed E-state index contributed by atoms with van der Waals surface area (Å²) in [7, 11) is 0. The van der Waals surface area contributed by atoms with Crippen molar-refractivity contribution in [1.29, 1.82) is 5.26 Å². The van der Waals surface area contributed by atoms with E-state index in [-0.39, 0.29) is 28.7 Å². The van der Waals surface area contributed by atoms with Crippen molar-refractivity contribution in [3.05, 3.63) is 38.9 Å². The van der Waals surface area contributed by atoms with Crippen molar-refractivity contribution < 1.29 is 9.72 Å². The summed E-state index contributed by atoms with van der Waals surface area (Å²) in [5.41, 5.74) is -0.0336. The van der Waals surface area contributed by atoms with Crippen LogP contribution in [0.2, 0.25) is 5.02 Å². The number of nitro groups is 1. The van der Waals surface area contributed by atoms with E-state index < -0.39 is 10.8 Å². The van der Waals surface area contributed by atoms with Crippen LogP contribution in [0.5, 0.6) is 0 Å². The number of nitrogens with one attached hydrogen (secondary N) is 1. The second-order valence-corrected chi connectivity index (χ2v) is 4.07. The molecule has 0 radical (unpaired) electrons. The van der Waals surface area contributed by atoms with Crippen LogP contribution in [0.1, 0.15) is 23.7 Å². The number of carbonyl (C=O) groups excluding carboxylic acids is 1. The lowest BCUT2D eigenvalue weighted by molar-refractivity contribution is -0.384. The van der Waals surface area contributed by atoms with Crippen LogP contribution in [0.15, 0.2) is 18.2 Å². The van der Waals surface area contributed by atoms with Crippen LogP contribution in [0.25, 0.3) is 0 Å². The van der Waals surface area contributed by atoms with E-state index in [4.69, 9.17) is 16.9 Å². The lowest BCUT2D eigenvalue weighted by atomic mass is 10.1. The van der Waals surface area contributed by atoms with Crippen molar-refractivity contribution in [2.75, 3.05) is 0 Å². The maximum absolute atomic E-state index is 11.7. The van der Waals surface area contributed by atoms with Crippen molar-refractivity contribution in [2.45, 2.75) is 19.4 Å². The van der Waals surface area contributed by atoms with Gasteiger partial charge in [-0.25, -0.2) is 0 Å². The van der Waals surface area contributed by atoms with Gasteiger partial charge < -0.3 is 5.32 Å². The molecule has 6 nitrogen and oxygen atoms in total. The number of benzene rings is 1. The molecular weight excluding hydrogens is 258 g/mol. The molecule has 0 spiro atoms. The molecule has 1 aromatic carbocycles. The van der Waals surface area contributed by atoms with E-state index in [1.807, 2.05) is 6.07 Å². The molecule has 0 aromatic heterocycles. The number of nitriles is 1. The first kappa shape index (κ1) is 13.9. The van der Waals surface area contributed by atoms with Crippen LogP contribution in [0, 0.1) is 21.4 Å². The van der Waals surface area contributed by atoms with Gasteiger partial charge in [-0.15, -0.1) is 0 Å². The maximum Gasteiger partial charge on any atom is 0.287 e. The zero-order valence-electron chi connectivity index (χ0n) is 9.51. The van der Waals surface area contributed by atoms with Gasteiger partial charge in [0.25, 0.3) is 11.6 Å². The first-order valence-electron chi connectivity index (χ1n) is 5.07. The minimum atomic E-state index is -0.623. The third-order valence-corrected chi connectivity index (χ3v) is 2.48. The maximum atomic E-state index is 11.7. The van der Waals surface area contributed by atoms with Crippen LogP contribution in [0.4, 0.5) is 5.69 Å². The molecule has 1 N–H and O–H groups in total. The molecule has 0 fully saturated rings. The molecule has 0 aliphatic heterocycles. The highest BCUT2D eigenvalue weighted by Crippen LogP contribution is 2.24. The lowest BCUT2D eigenvalue weighted by Crippen LogP contribution is -2.32. The zero-order chi connectivity index (χ0) is 13.7. The largest absolute Gasteiger partial charge is 0.349 e. The van der Waals surface area contributed by atoms with Gasteiger partial charge in [0.2, 0.25) is 0 Å². The van der Waals surface area contributed by atoms with E-state index in [2.05, 4.69) is 5.32 Å². The van der Waals surface area contributed by atoms with Gasteiger partial charge in [-0.05, 0) is 19.1 Å². The van der Waals surface area contributed by atoms with Gasteiger partial charge in [0, 0.05) is 17.7 Å². The predicted octanol–water partition coefficient (Wildman–Crippen LogP) is 2.28. The number of hydrogen-bond acceptors (Lipinski definition) is 4. The van der Waals surface area contributed by atoms with E-state index in [1.165, 1.54) is 18.2 Å². The monoisotopic (exact) mass is 267 g/mol. The van der Waals surface area contributed by atoms with Gasteiger partial charge in [0.1, 0.15) is 5.02 Å². The molecular formula is C11H10ClN3O3. The fraction of sp³-hybridized carbons (Fsp3) is 0.273. The van der Waals surface area contributed by atoms with E-state index in [0.29, 0.717) is 0 Å². The van der Waals surface area contributed by atoms with E-state index in [1.54, 1.807) is 6.92 Å². The van der Waals surface area contributed by atoms with Crippen LogP contribution < -0.4 is 5.32 Å². The second kappa shape index (κ2) is 5.98. The van der Waals surface area contributed by atoms with Crippen molar-refractivity contribution in [3.63, 3.8) is 0 Å². The Morgan fingerprint density at radius 3 is 2.83 bits per heavy atom. The molecule has 1 amide bonds. The average molecular weight is 268 g/mol. The van der Waals surface area contributed by atoms with Gasteiger partial charge in [-0.3, -0.25) is 14.9 Å². The standard InChI is InChI=1S/C11H10ClN3O3/c1-7(4-5-13)14-11(16)8-2-3-10(15(17)18)9(12)6-8/h2-3,6-7H,4H2,1H3,(H,14,16). The topological polar surface area (TPSA) is 96.0 Å². The van der Waals surface area contributed by atoms with Gasteiger partial charge in [-0.2, -0.15) is 5.26 Å². The molecule has 94 valence electrons. The first-order chi connectivity index (χ1) is 8.45. The van der Waals surface area contributed by atoms with Crippen LogP contribution in [-0.2, 0) is 0 Å². The molecule has 1 atom stereocenters. The Bertz CT molecular complexity index is 525. The third kappa shape index (κ3) is 3.43. The highest BCUT2D eigenvalue weighted by molar-refractivity contribution is 6.33. The molecule has 0 bridgehead atoms. The highest BCUT2D eigenvalue weighted by atomic mass is 35.5. The molecule has 0 saturated heterocycles. The number of carbonyl (C=O) groups is 1. The predicted molar refractivity (Wildman–Crippen MR) is 65.3 cm³/mol.